The van der Waals surface area contributed by atoms with Gasteiger partial charge in [0.1, 0.15) is 0 Å². The van der Waals surface area contributed by atoms with Crippen LogP contribution >= 0.6 is 0 Å². The van der Waals surface area contributed by atoms with Crippen LogP contribution in [0.1, 0.15) is 32.3 Å². The Kier molecular flexibility index (Phi) is 5.09. The molecule has 0 unspecified atom stereocenters. The number of nitrogens with zero attached hydrogens (tertiary/aromatic N) is 2. The van der Waals surface area contributed by atoms with E-state index in [1.165, 1.54) is 6.08 Å². The van der Waals surface area contributed by atoms with Crippen molar-refractivity contribution in [3.8, 4) is 0 Å². The van der Waals surface area contributed by atoms with Crippen LogP contribution in [0.3, 0.4) is 0 Å². The summed E-state index contributed by atoms with van der Waals surface area (Å²) in [6, 6.07) is 0. The summed E-state index contributed by atoms with van der Waals surface area (Å²) in [5, 5.41) is 16.2. The number of amides is 1. The predicted octanol–water partition coefficient (Wildman–Crippen LogP) is 1.10. The van der Waals surface area contributed by atoms with Crippen molar-refractivity contribution in [3.05, 3.63) is 24.0 Å². The number of carbonyl (C=O) groups is 1. The number of hydrogen-bond donors (Lipinski definition) is 2. The summed E-state index contributed by atoms with van der Waals surface area (Å²) < 4.78 is 1.67. The zero-order chi connectivity index (χ0) is 13.6. The maximum atomic E-state index is 11.8. The highest BCUT2D eigenvalue weighted by atomic mass is 16.3. The molecule has 0 aliphatic rings. The highest BCUT2D eigenvalue weighted by Crippen LogP contribution is 2.14. The molecular formula is C13H21N3O2. The Hall–Kier alpha value is -1.62. The van der Waals surface area contributed by atoms with Gasteiger partial charge >= 0.3 is 0 Å². The molecule has 0 saturated heterocycles. The van der Waals surface area contributed by atoms with Crippen molar-refractivity contribution in [1.29, 1.82) is 0 Å². The standard InChI is InChI=1S/C13H21N3O2/c1-4-13(5-2,10-17)15-12(18)7-6-11-8-14-16(3)9-11/h6-9,17H,4-5,10H2,1-3H3,(H,15,18). The summed E-state index contributed by atoms with van der Waals surface area (Å²) in [5.74, 6) is -0.198. The summed E-state index contributed by atoms with van der Waals surface area (Å²) in [7, 11) is 1.82. The van der Waals surface area contributed by atoms with Crippen LogP contribution in [0, 0.1) is 0 Å². The Morgan fingerprint density at radius 2 is 2.22 bits per heavy atom. The molecule has 18 heavy (non-hydrogen) atoms. The van der Waals surface area contributed by atoms with Crippen molar-refractivity contribution in [2.45, 2.75) is 32.2 Å². The first-order valence-corrected chi connectivity index (χ1v) is 6.15. The molecule has 5 heteroatoms. The molecule has 2 N–H and O–H groups in total. The van der Waals surface area contributed by atoms with Gasteiger partial charge in [0.15, 0.2) is 0 Å². The summed E-state index contributed by atoms with van der Waals surface area (Å²) in [4.78, 5) is 11.8. The van der Waals surface area contributed by atoms with E-state index in [-0.39, 0.29) is 12.5 Å². The van der Waals surface area contributed by atoms with Gasteiger partial charge in [0.2, 0.25) is 5.91 Å². The monoisotopic (exact) mass is 251 g/mol. The van der Waals surface area contributed by atoms with Gasteiger partial charge in [0.25, 0.3) is 0 Å². The number of aliphatic hydroxyl groups is 1. The quantitative estimate of drug-likeness (QED) is 0.744. The van der Waals surface area contributed by atoms with Crippen LogP contribution in [0.25, 0.3) is 6.08 Å². The van der Waals surface area contributed by atoms with Crippen molar-refractivity contribution in [2.75, 3.05) is 6.61 Å². The average Bonchev–Trinajstić information content (AvgIpc) is 2.80. The summed E-state index contributed by atoms with van der Waals surface area (Å²) in [5.41, 5.74) is 0.353. The second kappa shape index (κ2) is 6.35. The maximum absolute atomic E-state index is 11.8. The fraction of sp³-hybridized carbons (Fsp3) is 0.538. The Morgan fingerprint density at radius 1 is 1.56 bits per heavy atom. The summed E-state index contributed by atoms with van der Waals surface area (Å²) in [6.45, 7) is 3.85. The van der Waals surface area contributed by atoms with E-state index in [0.29, 0.717) is 12.8 Å². The minimum Gasteiger partial charge on any atom is -0.394 e. The van der Waals surface area contributed by atoms with Crippen LogP contribution in [0.5, 0.6) is 0 Å². The molecule has 0 spiro atoms. The lowest BCUT2D eigenvalue weighted by atomic mass is 9.94. The maximum Gasteiger partial charge on any atom is 0.244 e. The number of aryl methyl sites for hydroxylation is 1. The molecule has 5 nitrogen and oxygen atoms in total. The first kappa shape index (κ1) is 14.4. The lowest BCUT2D eigenvalue weighted by Gasteiger charge is -2.30. The second-order valence-electron chi connectivity index (χ2n) is 4.42. The third-order valence-electron chi connectivity index (χ3n) is 3.20. The van der Waals surface area contributed by atoms with Gasteiger partial charge in [-0.1, -0.05) is 13.8 Å². The lowest BCUT2D eigenvalue weighted by molar-refractivity contribution is -0.119. The minimum atomic E-state index is -0.517. The molecule has 0 radical (unpaired) electrons. The van der Waals surface area contributed by atoms with Crippen LogP contribution in [-0.4, -0.2) is 32.9 Å². The van der Waals surface area contributed by atoms with Crippen LogP contribution in [0.2, 0.25) is 0 Å². The Balaban J connectivity index is 2.63. The van der Waals surface area contributed by atoms with E-state index in [0.717, 1.165) is 5.56 Å². The van der Waals surface area contributed by atoms with Crippen molar-refractivity contribution < 1.29 is 9.90 Å². The molecule has 1 aromatic rings. The van der Waals surface area contributed by atoms with Crippen molar-refractivity contribution in [2.24, 2.45) is 7.05 Å². The van der Waals surface area contributed by atoms with E-state index in [4.69, 9.17) is 0 Å². The third kappa shape index (κ3) is 3.70. The molecular weight excluding hydrogens is 230 g/mol. The molecule has 1 heterocycles. The van der Waals surface area contributed by atoms with Gasteiger partial charge in [-0.3, -0.25) is 9.48 Å². The zero-order valence-corrected chi connectivity index (χ0v) is 11.2. The smallest absolute Gasteiger partial charge is 0.244 e. The van der Waals surface area contributed by atoms with E-state index < -0.39 is 5.54 Å². The van der Waals surface area contributed by atoms with Crippen LogP contribution < -0.4 is 5.32 Å². The topological polar surface area (TPSA) is 67.2 Å². The van der Waals surface area contributed by atoms with Gasteiger partial charge in [-0.05, 0) is 18.9 Å². The molecule has 0 aliphatic heterocycles. The summed E-state index contributed by atoms with van der Waals surface area (Å²) in [6.07, 6.45) is 8.08. The molecule has 1 rings (SSSR count). The highest BCUT2D eigenvalue weighted by molar-refractivity contribution is 5.92. The molecule has 0 aliphatic carbocycles. The predicted molar refractivity (Wildman–Crippen MR) is 70.8 cm³/mol. The van der Waals surface area contributed by atoms with E-state index in [1.54, 1.807) is 17.0 Å². The zero-order valence-electron chi connectivity index (χ0n) is 11.2. The number of rotatable bonds is 6. The SMILES string of the molecule is CCC(CC)(CO)NC(=O)C=Cc1cnn(C)c1. The highest BCUT2D eigenvalue weighted by Gasteiger charge is 2.26. The van der Waals surface area contributed by atoms with Crippen molar-refractivity contribution in [3.63, 3.8) is 0 Å². The summed E-state index contributed by atoms with van der Waals surface area (Å²) >= 11 is 0. The fourth-order valence-corrected chi connectivity index (χ4v) is 1.69. The van der Waals surface area contributed by atoms with Crippen LogP contribution in [0.4, 0.5) is 0 Å². The van der Waals surface area contributed by atoms with Gasteiger partial charge in [-0.25, -0.2) is 0 Å². The first-order valence-electron chi connectivity index (χ1n) is 6.15. The first-order chi connectivity index (χ1) is 8.55. The largest absolute Gasteiger partial charge is 0.394 e. The third-order valence-corrected chi connectivity index (χ3v) is 3.20. The number of aliphatic hydroxyl groups excluding tert-OH is 1. The van der Waals surface area contributed by atoms with Gasteiger partial charge in [-0.2, -0.15) is 5.10 Å². The molecule has 1 amide bonds. The minimum absolute atomic E-state index is 0.0491. The van der Waals surface area contributed by atoms with E-state index in [9.17, 15) is 9.90 Å². The second-order valence-corrected chi connectivity index (χ2v) is 4.42. The van der Waals surface area contributed by atoms with Gasteiger partial charge in [0, 0.05) is 24.9 Å². The number of carbonyl (C=O) groups excluding carboxylic acids is 1. The number of nitrogens with one attached hydrogen (secondary N) is 1. The van der Waals surface area contributed by atoms with Gasteiger partial charge in [-0.15, -0.1) is 0 Å². The average molecular weight is 251 g/mol. The molecule has 0 fully saturated rings. The van der Waals surface area contributed by atoms with Crippen molar-refractivity contribution >= 4 is 12.0 Å². The molecule has 0 aromatic carbocycles. The molecule has 0 saturated carbocycles. The Morgan fingerprint density at radius 3 is 2.67 bits per heavy atom. The molecule has 0 bridgehead atoms. The normalized spacial score (nSPS) is 12.0. The molecule has 100 valence electrons. The van der Waals surface area contributed by atoms with E-state index in [1.807, 2.05) is 27.1 Å². The Labute approximate surface area is 108 Å². The number of hydrogen-bond acceptors (Lipinski definition) is 3. The fourth-order valence-electron chi connectivity index (χ4n) is 1.69. The lowest BCUT2D eigenvalue weighted by Crippen LogP contribution is -2.49. The molecule has 1 aromatic heterocycles. The van der Waals surface area contributed by atoms with E-state index in [2.05, 4.69) is 10.4 Å². The molecule has 0 atom stereocenters. The van der Waals surface area contributed by atoms with Crippen molar-refractivity contribution in [1.82, 2.24) is 15.1 Å². The Bertz CT molecular complexity index is 411. The number of aromatic nitrogens is 2. The van der Waals surface area contributed by atoms with Gasteiger partial charge in [0.05, 0.1) is 18.3 Å². The van der Waals surface area contributed by atoms with Crippen LogP contribution in [-0.2, 0) is 11.8 Å². The van der Waals surface area contributed by atoms with Gasteiger partial charge < -0.3 is 10.4 Å². The van der Waals surface area contributed by atoms with Crippen LogP contribution in [0.15, 0.2) is 18.5 Å². The van der Waals surface area contributed by atoms with E-state index >= 15 is 0 Å².